The Hall–Kier alpha value is -0.940. The fourth-order valence-electron chi connectivity index (χ4n) is 2.62. The van der Waals surface area contributed by atoms with Crippen LogP contribution in [0.15, 0.2) is 16.6 Å². The van der Waals surface area contributed by atoms with E-state index in [1.165, 1.54) is 0 Å². The van der Waals surface area contributed by atoms with E-state index < -0.39 is 5.60 Å². The molecule has 1 saturated heterocycles. The number of hydrogen-bond donors (Lipinski definition) is 1. The average molecular weight is 404 g/mol. The third-order valence-electron chi connectivity index (χ3n) is 3.78. The summed E-state index contributed by atoms with van der Waals surface area (Å²) in [5.41, 5.74) is 1.50. The summed E-state index contributed by atoms with van der Waals surface area (Å²) < 4.78 is 6.46. The van der Waals surface area contributed by atoms with E-state index in [1.54, 1.807) is 0 Å². The Morgan fingerprint density at radius 3 is 2.83 bits per heavy atom. The van der Waals surface area contributed by atoms with Crippen LogP contribution in [-0.2, 0) is 4.74 Å². The number of ether oxygens (including phenoxy) is 1. The number of carbonyl (C=O) groups is 1. The summed E-state index contributed by atoms with van der Waals surface area (Å²) in [7, 11) is 0. The molecule has 1 N–H and O–H groups in total. The summed E-state index contributed by atoms with van der Waals surface area (Å²) >= 11 is 9.74. The molecule has 0 spiro atoms. The van der Waals surface area contributed by atoms with Gasteiger partial charge in [0.1, 0.15) is 5.60 Å². The summed E-state index contributed by atoms with van der Waals surface area (Å²) in [6.07, 6.45) is 1.74. The van der Waals surface area contributed by atoms with Gasteiger partial charge in [-0.25, -0.2) is 4.79 Å². The Morgan fingerprint density at radius 1 is 1.48 bits per heavy atom. The maximum Gasteiger partial charge on any atom is 0.410 e. The van der Waals surface area contributed by atoms with Gasteiger partial charge in [-0.1, -0.05) is 11.6 Å². The Labute approximate surface area is 151 Å². The van der Waals surface area contributed by atoms with Gasteiger partial charge in [0, 0.05) is 28.3 Å². The first kappa shape index (κ1) is 18.4. The number of nitrogens with one attached hydrogen (secondary N) is 1. The Bertz CT molecular complexity index is 587. The number of carbonyl (C=O) groups excluding carboxylic acids is 1. The zero-order valence-corrected chi connectivity index (χ0v) is 16.4. The molecule has 128 valence electrons. The number of rotatable bonds is 3. The first-order valence-electron chi connectivity index (χ1n) is 7.86. The van der Waals surface area contributed by atoms with E-state index in [1.807, 2.05) is 44.7 Å². The summed E-state index contributed by atoms with van der Waals surface area (Å²) in [6, 6.07) is 4.04. The molecule has 1 amide bonds. The van der Waals surface area contributed by atoms with Gasteiger partial charge < -0.3 is 15.0 Å². The van der Waals surface area contributed by atoms with Crippen molar-refractivity contribution in [3.05, 3.63) is 27.2 Å². The molecule has 23 heavy (non-hydrogen) atoms. The quantitative estimate of drug-likeness (QED) is 0.752. The molecule has 0 saturated carbocycles. The normalized spacial score (nSPS) is 18.2. The Morgan fingerprint density at radius 2 is 2.17 bits per heavy atom. The molecular formula is C17H24BrClN2O2. The van der Waals surface area contributed by atoms with Crippen molar-refractivity contribution in [1.29, 1.82) is 0 Å². The van der Waals surface area contributed by atoms with Crippen LogP contribution in [0.4, 0.5) is 10.5 Å². The molecule has 0 bridgehead atoms. The third kappa shape index (κ3) is 5.01. The highest BCUT2D eigenvalue weighted by molar-refractivity contribution is 9.10. The predicted molar refractivity (Wildman–Crippen MR) is 98.3 cm³/mol. The molecule has 4 nitrogen and oxygen atoms in total. The lowest BCUT2D eigenvalue weighted by atomic mass is 10.2. The molecule has 0 radical (unpaired) electrons. The van der Waals surface area contributed by atoms with Crippen LogP contribution in [0.2, 0.25) is 5.02 Å². The van der Waals surface area contributed by atoms with Crippen LogP contribution in [0.3, 0.4) is 0 Å². The number of amides is 1. The van der Waals surface area contributed by atoms with Gasteiger partial charge in [0.2, 0.25) is 0 Å². The molecule has 1 aromatic rings. The average Bonchev–Trinajstić information content (AvgIpc) is 2.88. The van der Waals surface area contributed by atoms with Crippen LogP contribution >= 0.6 is 27.5 Å². The van der Waals surface area contributed by atoms with Crippen LogP contribution in [0.5, 0.6) is 0 Å². The molecule has 2 rings (SSSR count). The highest BCUT2D eigenvalue weighted by Crippen LogP contribution is 2.30. The van der Waals surface area contributed by atoms with Gasteiger partial charge >= 0.3 is 6.09 Å². The van der Waals surface area contributed by atoms with Gasteiger partial charge in [0.25, 0.3) is 0 Å². The van der Waals surface area contributed by atoms with Gasteiger partial charge in [-0.15, -0.1) is 0 Å². The zero-order chi connectivity index (χ0) is 17.2. The molecular weight excluding hydrogens is 380 g/mol. The van der Waals surface area contributed by atoms with E-state index >= 15 is 0 Å². The molecule has 1 heterocycles. The highest BCUT2D eigenvalue weighted by Gasteiger charge is 2.32. The van der Waals surface area contributed by atoms with E-state index in [0.29, 0.717) is 6.54 Å². The highest BCUT2D eigenvalue weighted by atomic mass is 79.9. The number of halogens is 2. The molecule has 1 aromatic carbocycles. The number of hydrogen-bond acceptors (Lipinski definition) is 3. The van der Waals surface area contributed by atoms with Gasteiger partial charge in [0.15, 0.2) is 0 Å². The van der Waals surface area contributed by atoms with Gasteiger partial charge in [-0.05, 0) is 74.2 Å². The number of aryl methyl sites for hydroxylation is 1. The topological polar surface area (TPSA) is 41.6 Å². The molecule has 1 unspecified atom stereocenters. The number of nitrogens with zero attached hydrogens (tertiary/aromatic N) is 1. The second kappa shape index (κ2) is 7.31. The minimum atomic E-state index is -0.467. The summed E-state index contributed by atoms with van der Waals surface area (Å²) in [6.45, 7) is 9.06. The molecule has 6 heteroatoms. The molecule has 1 aliphatic rings. The fraction of sp³-hybridized carbons (Fsp3) is 0.588. The second-order valence-electron chi connectivity index (χ2n) is 6.93. The fourth-order valence-corrected chi connectivity index (χ4v) is 3.38. The van der Waals surface area contributed by atoms with Crippen LogP contribution in [0, 0.1) is 6.92 Å². The Kier molecular flexibility index (Phi) is 5.84. The van der Waals surface area contributed by atoms with Gasteiger partial charge in [-0.3, -0.25) is 0 Å². The maximum atomic E-state index is 12.3. The monoisotopic (exact) mass is 402 g/mol. The van der Waals surface area contributed by atoms with Crippen molar-refractivity contribution >= 4 is 39.3 Å². The van der Waals surface area contributed by atoms with E-state index in [2.05, 4.69) is 21.2 Å². The molecule has 1 fully saturated rings. The zero-order valence-electron chi connectivity index (χ0n) is 14.1. The largest absolute Gasteiger partial charge is 0.444 e. The molecule has 0 aromatic heterocycles. The van der Waals surface area contributed by atoms with Crippen molar-refractivity contribution in [1.82, 2.24) is 4.90 Å². The van der Waals surface area contributed by atoms with Crippen molar-refractivity contribution < 1.29 is 9.53 Å². The van der Waals surface area contributed by atoms with Crippen LogP contribution in [-0.4, -0.2) is 35.7 Å². The number of anilines is 1. The van der Waals surface area contributed by atoms with E-state index in [4.69, 9.17) is 16.3 Å². The maximum absolute atomic E-state index is 12.3. The first-order chi connectivity index (χ1) is 10.7. The third-order valence-corrected chi connectivity index (χ3v) is 4.84. The summed E-state index contributed by atoms with van der Waals surface area (Å²) in [4.78, 5) is 14.1. The minimum Gasteiger partial charge on any atom is -0.444 e. The van der Waals surface area contributed by atoms with Crippen molar-refractivity contribution in [2.75, 3.05) is 18.4 Å². The number of benzene rings is 1. The lowest BCUT2D eigenvalue weighted by Crippen LogP contribution is -2.42. The van der Waals surface area contributed by atoms with E-state index in [9.17, 15) is 4.79 Å². The Balaban J connectivity index is 1.99. The summed E-state index contributed by atoms with van der Waals surface area (Å²) in [5, 5.41) is 4.12. The van der Waals surface area contributed by atoms with Crippen LogP contribution in [0.1, 0.15) is 39.2 Å². The number of likely N-dealkylation sites (tertiary alicyclic amines) is 1. The second-order valence-corrected chi connectivity index (χ2v) is 8.19. The van der Waals surface area contributed by atoms with Gasteiger partial charge in [-0.2, -0.15) is 0 Å². The predicted octanol–water partition coefficient (Wildman–Crippen LogP) is 5.22. The van der Waals surface area contributed by atoms with Crippen molar-refractivity contribution in [3.8, 4) is 0 Å². The van der Waals surface area contributed by atoms with Crippen LogP contribution in [0.25, 0.3) is 0 Å². The molecule has 1 aliphatic heterocycles. The SMILES string of the molecule is Cc1cc(Br)c(NCC2CCCN2C(=O)OC(C)(C)C)cc1Cl. The van der Waals surface area contributed by atoms with Crippen molar-refractivity contribution in [2.24, 2.45) is 0 Å². The van der Waals surface area contributed by atoms with Crippen LogP contribution < -0.4 is 5.32 Å². The molecule has 0 aliphatic carbocycles. The standard InChI is InChI=1S/C17H24BrClN2O2/c1-11-8-13(18)15(9-14(11)19)20-10-12-6-5-7-21(12)16(22)23-17(2,3)4/h8-9,12,20H,5-7,10H2,1-4H3. The van der Waals surface area contributed by atoms with E-state index in [-0.39, 0.29) is 12.1 Å². The smallest absolute Gasteiger partial charge is 0.410 e. The van der Waals surface area contributed by atoms with Gasteiger partial charge in [0.05, 0.1) is 6.04 Å². The first-order valence-corrected chi connectivity index (χ1v) is 9.03. The van der Waals surface area contributed by atoms with Crippen molar-refractivity contribution in [3.63, 3.8) is 0 Å². The minimum absolute atomic E-state index is 0.136. The lowest BCUT2D eigenvalue weighted by Gasteiger charge is -2.29. The van der Waals surface area contributed by atoms with E-state index in [0.717, 1.165) is 40.1 Å². The lowest BCUT2D eigenvalue weighted by molar-refractivity contribution is 0.0235. The summed E-state index contributed by atoms with van der Waals surface area (Å²) in [5.74, 6) is 0. The molecule has 1 atom stereocenters. The van der Waals surface area contributed by atoms with Crippen molar-refractivity contribution in [2.45, 2.75) is 52.2 Å².